The highest BCUT2D eigenvalue weighted by atomic mass is 16.1. The van der Waals surface area contributed by atoms with Crippen LogP contribution in [0.3, 0.4) is 0 Å². The number of hydrogen-bond donors (Lipinski definition) is 2. The van der Waals surface area contributed by atoms with Crippen LogP contribution < -0.4 is 16.9 Å². The first kappa shape index (κ1) is 10.2. The van der Waals surface area contributed by atoms with Gasteiger partial charge < -0.3 is 5.73 Å². The zero-order chi connectivity index (χ0) is 11.5. The molecule has 0 aliphatic heterocycles. The SMILES string of the molecule is Nc1ccn(CCn2[nH]c(=O)ccc2=O)n1. The maximum Gasteiger partial charge on any atom is 0.265 e. The second-order valence-electron chi connectivity index (χ2n) is 3.30. The lowest BCUT2D eigenvalue weighted by Gasteiger charge is -2.04. The largest absolute Gasteiger partial charge is 0.382 e. The minimum absolute atomic E-state index is 0.250. The first-order chi connectivity index (χ1) is 7.65. The average Bonchev–Trinajstić information content (AvgIpc) is 2.66. The Labute approximate surface area is 90.1 Å². The van der Waals surface area contributed by atoms with Gasteiger partial charge in [0.15, 0.2) is 0 Å². The van der Waals surface area contributed by atoms with E-state index in [-0.39, 0.29) is 11.1 Å². The van der Waals surface area contributed by atoms with E-state index < -0.39 is 0 Å². The van der Waals surface area contributed by atoms with Gasteiger partial charge in [0.2, 0.25) is 0 Å². The van der Waals surface area contributed by atoms with Gasteiger partial charge in [-0.15, -0.1) is 0 Å². The van der Waals surface area contributed by atoms with Gasteiger partial charge >= 0.3 is 0 Å². The van der Waals surface area contributed by atoms with Gasteiger partial charge in [0.1, 0.15) is 5.82 Å². The molecule has 0 saturated heterocycles. The maximum absolute atomic E-state index is 11.3. The fourth-order valence-corrected chi connectivity index (χ4v) is 1.33. The molecule has 2 aromatic heterocycles. The molecule has 0 radical (unpaired) electrons. The molecule has 0 aliphatic carbocycles. The van der Waals surface area contributed by atoms with E-state index in [0.717, 1.165) is 0 Å². The Morgan fingerprint density at radius 1 is 1.25 bits per heavy atom. The van der Waals surface area contributed by atoms with Crippen molar-refractivity contribution in [2.24, 2.45) is 0 Å². The topological polar surface area (TPSA) is 98.7 Å². The Morgan fingerprint density at radius 3 is 2.75 bits per heavy atom. The van der Waals surface area contributed by atoms with Crippen molar-refractivity contribution in [2.45, 2.75) is 13.1 Å². The number of nitrogens with two attached hydrogens (primary N) is 1. The van der Waals surface area contributed by atoms with E-state index in [1.54, 1.807) is 16.9 Å². The minimum Gasteiger partial charge on any atom is -0.382 e. The van der Waals surface area contributed by atoms with Crippen LogP contribution in [0.25, 0.3) is 0 Å². The Kier molecular flexibility index (Phi) is 2.59. The summed E-state index contributed by atoms with van der Waals surface area (Å²) in [5.74, 6) is 0.425. The summed E-state index contributed by atoms with van der Waals surface area (Å²) in [7, 11) is 0. The van der Waals surface area contributed by atoms with Gasteiger partial charge in [-0.2, -0.15) is 5.10 Å². The normalized spacial score (nSPS) is 10.5. The summed E-state index contributed by atoms with van der Waals surface area (Å²) < 4.78 is 2.84. The minimum atomic E-state index is -0.306. The number of hydrogen-bond acceptors (Lipinski definition) is 4. The summed E-state index contributed by atoms with van der Waals surface area (Å²) in [5, 5.41) is 6.39. The first-order valence-corrected chi connectivity index (χ1v) is 4.74. The van der Waals surface area contributed by atoms with Crippen molar-refractivity contribution >= 4 is 5.82 Å². The molecule has 3 N–H and O–H groups in total. The fraction of sp³-hybridized carbons (Fsp3) is 0.222. The molecule has 2 heterocycles. The second-order valence-corrected chi connectivity index (χ2v) is 3.30. The summed E-state index contributed by atoms with van der Waals surface area (Å²) in [6, 6.07) is 4.09. The molecule has 16 heavy (non-hydrogen) atoms. The summed E-state index contributed by atoms with van der Waals surface area (Å²) >= 11 is 0. The molecular formula is C9H11N5O2. The predicted octanol–water partition coefficient (Wildman–Crippen LogP) is -0.985. The third-order valence-corrected chi connectivity index (χ3v) is 2.10. The van der Waals surface area contributed by atoms with Crippen LogP contribution in [0.15, 0.2) is 34.0 Å². The van der Waals surface area contributed by atoms with Crippen LogP contribution in [0.4, 0.5) is 5.82 Å². The molecule has 0 bridgehead atoms. The first-order valence-electron chi connectivity index (χ1n) is 4.74. The molecule has 0 aliphatic rings. The number of nitrogen functional groups attached to an aromatic ring is 1. The van der Waals surface area contributed by atoms with Crippen molar-refractivity contribution in [2.75, 3.05) is 5.73 Å². The summed E-state index contributed by atoms with van der Waals surface area (Å²) in [6.45, 7) is 0.813. The number of aromatic amines is 1. The lowest BCUT2D eigenvalue weighted by molar-refractivity contribution is 0.479. The van der Waals surface area contributed by atoms with Crippen LogP contribution in [-0.4, -0.2) is 19.6 Å². The third kappa shape index (κ3) is 2.19. The van der Waals surface area contributed by atoms with Crippen LogP contribution in [0.1, 0.15) is 0 Å². The van der Waals surface area contributed by atoms with E-state index in [1.165, 1.54) is 16.8 Å². The number of aromatic nitrogens is 4. The number of H-pyrrole nitrogens is 1. The number of nitrogens with one attached hydrogen (secondary N) is 1. The molecule has 7 heteroatoms. The van der Waals surface area contributed by atoms with E-state index in [1.807, 2.05) is 0 Å². The van der Waals surface area contributed by atoms with Crippen LogP contribution in [0.2, 0.25) is 0 Å². The smallest absolute Gasteiger partial charge is 0.265 e. The molecular weight excluding hydrogens is 210 g/mol. The van der Waals surface area contributed by atoms with Gasteiger partial charge in [0.25, 0.3) is 11.1 Å². The van der Waals surface area contributed by atoms with Crippen molar-refractivity contribution in [1.29, 1.82) is 0 Å². The van der Waals surface area contributed by atoms with Gasteiger partial charge in [-0.25, -0.2) is 4.68 Å². The monoisotopic (exact) mass is 221 g/mol. The van der Waals surface area contributed by atoms with Crippen molar-refractivity contribution in [3.8, 4) is 0 Å². The highest BCUT2D eigenvalue weighted by Gasteiger charge is 1.98. The lowest BCUT2D eigenvalue weighted by Crippen LogP contribution is -2.29. The van der Waals surface area contributed by atoms with E-state index in [4.69, 9.17) is 5.73 Å². The van der Waals surface area contributed by atoms with E-state index in [2.05, 4.69) is 10.2 Å². The predicted molar refractivity (Wildman–Crippen MR) is 58.0 cm³/mol. The fourth-order valence-electron chi connectivity index (χ4n) is 1.33. The van der Waals surface area contributed by atoms with Gasteiger partial charge in [-0.3, -0.25) is 19.4 Å². The van der Waals surface area contributed by atoms with Gasteiger partial charge in [-0.1, -0.05) is 0 Å². The summed E-state index contributed by atoms with van der Waals surface area (Å²) in [6.07, 6.45) is 1.71. The van der Waals surface area contributed by atoms with E-state index in [9.17, 15) is 9.59 Å². The molecule has 0 unspecified atom stereocenters. The molecule has 0 aromatic carbocycles. The summed E-state index contributed by atoms with van der Waals surface area (Å²) in [5.41, 5.74) is 4.89. The zero-order valence-electron chi connectivity index (χ0n) is 8.46. The Morgan fingerprint density at radius 2 is 2.06 bits per heavy atom. The molecule has 7 nitrogen and oxygen atoms in total. The van der Waals surface area contributed by atoms with Crippen molar-refractivity contribution in [3.63, 3.8) is 0 Å². The summed E-state index contributed by atoms with van der Waals surface area (Å²) in [4.78, 5) is 22.3. The highest BCUT2D eigenvalue weighted by molar-refractivity contribution is 5.23. The van der Waals surface area contributed by atoms with Gasteiger partial charge in [0.05, 0.1) is 13.1 Å². The molecule has 0 fully saturated rings. The quantitative estimate of drug-likeness (QED) is 0.695. The lowest BCUT2D eigenvalue weighted by atomic mass is 10.5. The molecule has 0 atom stereocenters. The zero-order valence-corrected chi connectivity index (χ0v) is 8.46. The Bertz CT molecular complexity index is 594. The van der Waals surface area contributed by atoms with Crippen LogP contribution in [0.5, 0.6) is 0 Å². The molecule has 0 amide bonds. The highest BCUT2D eigenvalue weighted by Crippen LogP contribution is 1.95. The third-order valence-electron chi connectivity index (χ3n) is 2.10. The molecule has 2 aromatic rings. The van der Waals surface area contributed by atoms with Crippen molar-refractivity contribution in [3.05, 3.63) is 45.1 Å². The Hall–Kier alpha value is -2.31. The second kappa shape index (κ2) is 4.05. The van der Waals surface area contributed by atoms with Gasteiger partial charge in [-0.05, 0) is 6.07 Å². The van der Waals surface area contributed by atoms with E-state index >= 15 is 0 Å². The maximum atomic E-state index is 11.3. The van der Waals surface area contributed by atoms with Crippen LogP contribution in [0, 0.1) is 0 Å². The van der Waals surface area contributed by atoms with Crippen molar-refractivity contribution < 1.29 is 0 Å². The number of rotatable bonds is 3. The van der Waals surface area contributed by atoms with Crippen molar-refractivity contribution in [1.82, 2.24) is 19.6 Å². The molecule has 84 valence electrons. The number of anilines is 1. The number of aryl methyl sites for hydroxylation is 2. The number of nitrogens with zero attached hydrogens (tertiary/aromatic N) is 3. The molecule has 0 saturated carbocycles. The van der Waals surface area contributed by atoms with E-state index in [0.29, 0.717) is 18.9 Å². The molecule has 2 rings (SSSR count). The standard InChI is InChI=1S/C9H11N5O2/c10-7-3-4-13(11-7)5-6-14-9(16)2-1-8(15)12-14/h1-4H,5-6H2,(H2,10,11)(H,12,15). The average molecular weight is 221 g/mol. The molecule has 0 spiro atoms. The van der Waals surface area contributed by atoms with Crippen LogP contribution >= 0.6 is 0 Å². The Balaban J connectivity index is 2.13. The van der Waals surface area contributed by atoms with Crippen LogP contribution in [-0.2, 0) is 13.1 Å². The van der Waals surface area contributed by atoms with Gasteiger partial charge in [0, 0.05) is 18.3 Å².